The van der Waals surface area contributed by atoms with Crippen LogP contribution in [0.3, 0.4) is 0 Å². The Morgan fingerprint density at radius 3 is 2.17 bits per heavy atom. The molecule has 0 aliphatic carbocycles. The number of imide groups is 1. The zero-order valence-electron chi connectivity index (χ0n) is 20.8. The maximum atomic E-state index is 12.8. The molecule has 9 nitrogen and oxygen atoms in total. The van der Waals surface area contributed by atoms with Crippen molar-refractivity contribution in [3.8, 4) is 0 Å². The Hall–Kier alpha value is -3.50. The zero-order chi connectivity index (χ0) is 27.3. The molecule has 3 rings (SSSR count). The molecule has 0 aromatic heterocycles. The maximum Gasteiger partial charge on any atom is 0.275 e. The summed E-state index contributed by atoms with van der Waals surface area (Å²) < 4.78 is 16.1. The molecule has 0 fully saturated rings. The number of carbonyl (C=O) groups excluding carboxylic acids is 3. The normalized spacial score (nSPS) is 12.6. The first-order valence-corrected chi connectivity index (χ1v) is 13.1. The van der Waals surface area contributed by atoms with Crippen LogP contribution in [0.1, 0.15) is 43.6 Å². The molecule has 0 radical (unpaired) electrons. The molecule has 2 aromatic carbocycles. The minimum absolute atomic E-state index is 0.0270. The highest BCUT2D eigenvalue weighted by Crippen LogP contribution is 2.24. The van der Waals surface area contributed by atoms with Crippen LogP contribution in [0, 0.1) is 0 Å². The number of rotatable bonds is 9. The summed E-state index contributed by atoms with van der Waals surface area (Å²) >= 11 is 5.77. The van der Waals surface area contributed by atoms with Gasteiger partial charge in [-0.05, 0) is 29.8 Å². The highest BCUT2D eigenvalue weighted by Gasteiger charge is 2.24. The molecular weight excluding hydrogens is 504 g/mol. The number of halogens is 1. The summed E-state index contributed by atoms with van der Waals surface area (Å²) in [6.07, 6.45) is 2.33. The van der Waals surface area contributed by atoms with Gasteiger partial charge < -0.3 is 10.0 Å². The van der Waals surface area contributed by atoms with Crippen LogP contribution in [-0.2, 0) is 26.5 Å². The summed E-state index contributed by atoms with van der Waals surface area (Å²) in [4.78, 5) is 36.7. The molecule has 3 amide bonds. The fourth-order valence-electron chi connectivity index (χ4n) is 2.88. The lowest BCUT2D eigenvalue weighted by Gasteiger charge is -2.14. The second-order valence-electron chi connectivity index (χ2n) is 6.70. The van der Waals surface area contributed by atoms with E-state index in [1.807, 2.05) is 27.7 Å². The van der Waals surface area contributed by atoms with E-state index in [4.69, 9.17) is 11.6 Å². The van der Waals surface area contributed by atoms with Gasteiger partial charge in [-0.3, -0.25) is 24.5 Å². The van der Waals surface area contributed by atoms with Gasteiger partial charge in [-0.15, -0.1) is 11.6 Å². The van der Waals surface area contributed by atoms with Gasteiger partial charge in [0.1, 0.15) is 4.90 Å². The average molecular weight is 536 g/mol. The third-order valence-electron chi connectivity index (χ3n) is 4.54. The molecule has 1 unspecified atom stereocenters. The number of alkyl halides is 1. The first-order chi connectivity index (χ1) is 17.3. The molecule has 2 aromatic rings. The Morgan fingerprint density at radius 1 is 1.06 bits per heavy atom. The fraction of sp³-hybridized carbons (Fsp3) is 0.280. The number of anilines is 1. The predicted octanol–water partition coefficient (Wildman–Crippen LogP) is 4.00. The van der Waals surface area contributed by atoms with Crippen LogP contribution < -0.4 is 10.0 Å². The lowest BCUT2D eigenvalue weighted by molar-refractivity contribution is -0.708. The maximum absolute atomic E-state index is 12.8. The van der Waals surface area contributed by atoms with Crippen LogP contribution in [-0.4, -0.2) is 56.6 Å². The standard InChI is InChI=1S/C21H19ClN4O5S.2C2H6/c1-25(30)17-12-15(21(29)23-10-11-26-19(27)8-9-20(26)28)4-7-18(17)32(31)24-16-5-2-14(13-22)3-6-16;2*1-2/h2-9,12,24H,1,10-11,13H2,(H-,23,29,30);2*1-2H3/p+1. The number of benzene rings is 2. The van der Waals surface area contributed by atoms with E-state index in [0.29, 0.717) is 16.3 Å². The lowest BCUT2D eigenvalue weighted by atomic mass is 10.2. The molecule has 0 saturated heterocycles. The topological polar surface area (TPSA) is 119 Å². The fourth-order valence-corrected chi connectivity index (χ4v) is 4.06. The van der Waals surface area contributed by atoms with Gasteiger partial charge in [0.25, 0.3) is 23.4 Å². The van der Waals surface area contributed by atoms with Gasteiger partial charge in [0.05, 0.1) is 0 Å². The number of carbonyl (C=O) groups is 3. The van der Waals surface area contributed by atoms with Crippen molar-refractivity contribution in [3.05, 3.63) is 65.7 Å². The summed E-state index contributed by atoms with van der Waals surface area (Å²) in [5.41, 5.74) is 1.73. The largest absolute Gasteiger partial charge is 0.350 e. The molecule has 0 saturated carbocycles. The Labute approximate surface area is 219 Å². The average Bonchev–Trinajstić information content (AvgIpc) is 3.23. The van der Waals surface area contributed by atoms with Crippen molar-refractivity contribution in [3.63, 3.8) is 0 Å². The second kappa shape index (κ2) is 15.5. The molecule has 1 atom stereocenters. The number of amides is 3. The van der Waals surface area contributed by atoms with E-state index in [1.54, 1.807) is 24.3 Å². The summed E-state index contributed by atoms with van der Waals surface area (Å²) in [5, 5.41) is 12.5. The van der Waals surface area contributed by atoms with Crippen LogP contribution >= 0.6 is 11.6 Å². The minimum Gasteiger partial charge on any atom is -0.350 e. The molecule has 0 bridgehead atoms. The Kier molecular flexibility index (Phi) is 13.1. The van der Waals surface area contributed by atoms with Crippen LogP contribution in [0.2, 0.25) is 0 Å². The van der Waals surface area contributed by atoms with Crippen LogP contribution in [0.5, 0.6) is 0 Å². The molecule has 1 aliphatic rings. The smallest absolute Gasteiger partial charge is 0.275 e. The van der Waals surface area contributed by atoms with Gasteiger partial charge >= 0.3 is 0 Å². The van der Waals surface area contributed by atoms with Gasteiger partial charge in [-0.2, -0.15) is 0 Å². The monoisotopic (exact) mass is 535 g/mol. The number of nitrogens with one attached hydrogen (secondary N) is 2. The van der Waals surface area contributed by atoms with E-state index in [-0.39, 0.29) is 29.2 Å². The number of hydrogen-bond acceptors (Lipinski definition) is 5. The molecule has 11 heteroatoms. The molecule has 36 heavy (non-hydrogen) atoms. The third-order valence-corrected chi connectivity index (χ3v) is 6.01. The Morgan fingerprint density at radius 2 is 1.64 bits per heavy atom. The SMILES string of the molecule is C=[N+](O)c1cc(C(=O)NCCN2C(=O)C=CC2=O)ccc1S(=O)Nc1ccc(CCl)cc1.CC.CC. The number of nitrogens with zero attached hydrogens (tertiary/aromatic N) is 2. The van der Waals surface area contributed by atoms with Crippen molar-refractivity contribution in [2.75, 3.05) is 17.8 Å². The van der Waals surface area contributed by atoms with Gasteiger partial charge in [-0.25, -0.2) is 4.21 Å². The molecule has 1 heterocycles. The highest BCUT2D eigenvalue weighted by molar-refractivity contribution is 7.86. The molecule has 194 valence electrons. The zero-order valence-corrected chi connectivity index (χ0v) is 22.4. The third kappa shape index (κ3) is 8.31. The molecule has 3 N–H and O–H groups in total. The first kappa shape index (κ1) is 30.5. The summed E-state index contributed by atoms with van der Waals surface area (Å²) in [6, 6.07) is 11.3. The van der Waals surface area contributed by atoms with E-state index >= 15 is 0 Å². The first-order valence-electron chi connectivity index (χ1n) is 11.4. The van der Waals surface area contributed by atoms with E-state index in [1.165, 1.54) is 30.4 Å². The van der Waals surface area contributed by atoms with Crippen LogP contribution in [0.4, 0.5) is 11.4 Å². The molecular formula is C25H32ClN4O5S+. The van der Waals surface area contributed by atoms with Gasteiger partial charge in [-0.1, -0.05) is 39.8 Å². The molecule has 0 spiro atoms. The van der Waals surface area contributed by atoms with E-state index in [2.05, 4.69) is 16.8 Å². The van der Waals surface area contributed by atoms with Crippen molar-refractivity contribution in [1.82, 2.24) is 10.2 Å². The lowest BCUT2D eigenvalue weighted by Crippen LogP contribution is -2.38. The van der Waals surface area contributed by atoms with E-state index in [9.17, 15) is 23.8 Å². The molecule has 1 aliphatic heterocycles. The Balaban J connectivity index is 0.00000154. The van der Waals surface area contributed by atoms with Crippen molar-refractivity contribution < 1.29 is 28.5 Å². The van der Waals surface area contributed by atoms with Gasteiger partial charge in [0.15, 0.2) is 17.7 Å². The van der Waals surface area contributed by atoms with E-state index in [0.717, 1.165) is 10.5 Å². The second-order valence-corrected chi connectivity index (χ2v) is 8.15. The predicted molar refractivity (Wildman–Crippen MR) is 142 cm³/mol. The number of hydrogen-bond donors (Lipinski definition) is 3. The Bertz CT molecular complexity index is 1120. The highest BCUT2D eigenvalue weighted by atomic mass is 35.5. The van der Waals surface area contributed by atoms with Gasteiger partial charge in [0.2, 0.25) is 0 Å². The minimum atomic E-state index is -1.76. The van der Waals surface area contributed by atoms with E-state index < -0.39 is 28.7 Å². The summed E-state index contributed by atoms with van der Waals surface area (Å²) in [6.45, 7) is 11.5. The van der Waals surface area contributed by atoms with Crippen molar-refractivity contribution >= 4 is 58.4 Å². The summed E-state index contributed by atoms with van der Waals surface area (Å²) in [7, 11) is -1.76. The van der Waals surface area contributed by atoms with Crippen molar-refractivity contribution in [2.24, 2.45) is 0 Å². The van der Waals surface area contributed by atoms with Crippen LogP contribution in [0.25, 0.3) is 0 Å². The van der Waals surface area contributed by atoms with Crippen molar-refractivity contribution in [2.45, 2.75) is 38.5 Å². The van der Waals surface area contributed by atoms with Crippen LogP contribution in [0.15, 0.2) is 59.5 Å². The van der Waals surface area contributed by atoms with Gasteiger partial charge in [0, 0.05) is 53.2 Å². The van der Waals surface area contributed by atoms with Crippen molar-refractivity contribution in [1.29, 1.82) is 0 Å². The quantitative estimate of drug-likeness (QED) is 0.112. The summed E-state index contributed by atoms with van der Waals surface area (Å²) in [5.74, 6) is -1.01.